The van der Waals surface area contributed by atoms with Crippen LogP contribution >= 0.6 is 0 Å². The molecule has 0 aliphatic rings. The smallest absolute Gasteiger partial charge is 0 e. The molecular formula is H3AlCeFeMnMoZn. The molecule has 0 rings (SSSR count). The van der Waals surface area contributed by atoms with Gasteiger partial charge in [0.2, 0.25) is 0 Å². The summed E-state index contributed by atoms with van der Waals surface area (Å²) in [6.07, 6.45) is 0. The molecule has 0 spiro atoms. The predicted octanol–water partition coefficient (Wildman–Crippen LogP) is -1.19. The van der Waals surface area contributed by atoms with Crippen LogP contribution in [0.5, 0.6) is 0 Å². The SMILES string of the molecule is [AlH3].[Ce].[Fe].[Mn].[Mo].[Zn]. The second-order valence-corrected chi connectivity index (χ2v) is 0. The Morgan fingerprint density at radius 2 is 1.00 bits per heavy atom. The summed E-state index contributed by atoms with van der Waals surface area (Å²) in [6, 6.07) is 0. The minimum Gasteiger partial charge on any atom is 0 e. The van der Waals surface area contributed by atoms with Crippen molar-refractivity contribution in [3.8, 4) is 0 Å². The van der Waals surface area contributed by atoms with Crippen LogP contribution in [0.1, 0.15) is 0 Å². The maximum absolute atomic E-state index is 0. The Hall–Kier alpha value is 4.26. The summed E-state index contributed by atoms with van der Waals surface area (Å²) in [5, 5.41) is 0. The molecule has 0 aromatic carbocycles. The van der Waals surface area contributed by atoms with Crippen molar-refractivity contribution in [1.29, 1.82) is 0 Å². The van der Waals surface area contributed by atoms with E-state index in [1.165, 1.54) is 0 Å². The predicted molar refractivity (Wildman–Crippen MR) is 9.94 cm³/mol. The molecular weight excluding hydrogens is 439 g/mol. The van der Waals surface area contributed by atoms with Gasteiger partial charge in [-0.25, -0.2) is 0 Å². The third-order valence-corrected chi connectivity index (χ3v) is 0. The van der Waals surface area contributed by atoms with Crippen LogP contribution < -0.4 is 0 Å². The molecule has 0 fully saturated rings. The molecule has 0 heterocycles. The van der Waals surface area contributed by atoms with Gasteiger partial charge in [-0.3, -0.25) is 0 Å². The average Bonchev–Trinajstić information content (AvgIpc) is 0. The molecule has 1 radical (unpaired) electrons. The summed E-state index contributed by atoms with van der Waals surface area (Å²) in [4.78, 5) is 0. The molecule has 33 valence electrons. The van der Waals surface area contributed by atoms with E-state index in [9.17, 15) is 0 Å². The molecule has 0 unspecified atom stereocenters. The van der Waals surface area contributed by atoms with Crippen molar-refractivity contribution in [2.75, 3.05) is 0 Å². The summed E-state index contributed by atoms with van der Waals surface area (Å²) in [6.45, 7) is 0. The minimum absolute atomic E-state index is 0. The Balaban J connectivity index is 0. The Morgan fingerprint density at radius 1 is 1.00 bits per heavy atom. The Kier molecular flexibility index (Phi) is 281. The first kappa shape index (κ1) is 48.5. The van der Waals surface area contributed by atoms with E-state index in [0.29, 0.717) is 0 Å². The van der Waals surface area contributed by atoms with Crippen molar-refractivity contribution in [2.45, 2.75) is 0 Å². The van der Waals surface area contributed by atoms with Crippen molar-refractivity contribution < 1.29 is 116 Å². The molecule has 0 aliphatic carbocycles. The standard InChI is InChI=1S/Al.Ce.Fe.Mn.Mo.Zn.3H. The molecule has 0 aromatic heterocycles. The van der Waals surface area contributed by atoms with Crippen LogP contribution in [0.4, 0.5) is 0 Å². The Bertz CT molecular complexity index is 15.5. The summed E-state index contributed by atoms with van der Waals surface area (Å²) in [7, 11) is 0. The second kappa shape index (κ2) is 34.8. The molecule has 0 amide bonds. The van der Waals surface area contributed by atoms with E-state index in [-0.39, 0.29) is 134 Å². The first-order valence-electron chi connectivity index (χ1n) is 0. The van der Waals surface area contributed by atoms with E-state index in [1.54, 1.807) is 0 Å². The normalized spacial score (nSPS) is 0. The van der Waals surface area contributed by atoms with Gasteiger partial charge < -0.3 is 0 Å². The molecule has 6 heteroatoms. The first-order valence-corrected chi connectivity index (χ1v) is 0. The monoisotopic (exact) mass is 443 g/mol. The molecule has 0 saturated heterocycles. The zero-order valence-corrected chi connectivity index (χ0v) is 12.7. The fraction of sp³-hybridized carbons (Fsp3) is 0. The van der Waals surface area contributed by atoms with E-state index < -0.39 is 0 Å². The van der Waals surface area contributed by atoms with E-state index in [1.807, 2.05) is 0 Å². The van der Waals surface area contributed by atoms with Gasteiger partial charge in [0.05, 0.1) is 0 Å². The fourth-order valence-electron chi connectivity index (χ4n) is 0. The van der Waals surface area contributed by atoms with Crippen LogP contribution in [0.3, 0.4) is 0 Å². The van der Waals surface area contributed by atoms with Crippen LogP contribution in [0.25, 0.3) is 0 Å². The van der Waals surface area contributed by atoms with Gasteiger partial charge in [-0.1, -0.05) is 0 Å². The van der Waals surface area contributed by atoms with Crippen molar-refractivity contribution in [2.24, 2.45) is 0 Å². The van der Waals surface area contributed by atoms with Gasteiger partial charge in [-0.15, -0.1) is 0 Å². The average molecular weight is 442 g/mol. The van der Waals surface area contributed by atoms with Crippen molar-refractivity contribution in [1.82, 2.24) is 0 Å². The van der Waals surface area contributed by atoms with Crippen LogP contribution in [0, 0.1) is 41.7 Å². The van der Waals surface area contributed by atoms with Crippen molar-refractivity contribution in [3.63, 3.8) is 0 Å². The van der Waals surface area contributed by atoms with Gasteiger partial charge in [-0.05, 0) is 0 Å². The molecule has 0 bridgehead atoms. The molecule has 0 atom stereocenters. The minimum atomic E-state index is 0. The number of hydrogen-bond acceptors (Lipinski definition) is 0. The van der Waals surface area contributed by atoms with Gasteiger partial charge in [0.1, 0.15) is 0 Å². The van der Waals surface area contributed by atoms with Crippen LogP contribution in [-0.2, 0) is 74.7 Å². The quantitative estimate of drug-likeness (QED) is 0.414. The van der Waals surface area contributed by atoms with E-state index >= 15 is 0 Å². The summed E-state index contributed by atoms with van der Waals surface area (Å²) < 4.78 is 0. The summed E-state index contributed by atoms with van der Waals surface area (Å²) in [5.74, 6) is 0. The maximum Gasteiger partial charge on any atom is 0.187 e. The Labute approximate surface area is 131 Å². The topological polar surface area (TPSA) is 0 Å². The van der Waals surface area contributed by atoms with E-state index in [0.717, 1.165) is 0 Å². The molecule has 0 N–H and O–H groups in total. The van der Waals surface area contributed by atoms with Gasteiger partial charge in [0.15, 0.2) is 17.4 Å². The Morgan fingerprint density at radius 3 is 1.00 bits per heavy atom. The van der Waals surface area contributed by atoms with E-state index in [4.69, 9.17) is 0 Å². The number of rotatable bonds is 0. The third kappa shape index (κ3) is 24.0. The first-order chi connectivity index (χ1) is 0. The van der Waals surface area contributed by atoms with Gasteiger partial charge >= 0.3 is 0 Å². The summed E-state index contributed by atoms with van der Waals surface area (Å²) >= 11 is 0. The molecule has 0 aliphatic heterocycles. The molecule has 0 saturated carbocycles. The van der Waals surface area contributed by atoms with Gasteiger partial charge in [-0.2, -0.15) is 0 Å². The largest absolute Gasteiger partial charge is 0.187 e. The molecule has 6 heavy (non-hydrogen) atoms. The maximum atomic E-state index is 0. The van der Waals surface area contributed by atoms with E-state index in [2.05, 4.69) is 0 Å². The molecule has 0 nitrogen and oxygen atoms in total. The van der Waals surface area contributed by atoms with Crippen LogP contribution in [0.15, 0.2) is 0 Å². The van der Waals surface area contributed by atoms with Gasteiger partial charge in [0, 0.05) is 116 Å². The fourth-order valence-corrected chi connectivity index (χ4v) is 0. The zero-order valence-electron chi connectivity index (χ0n) is 2.35. The zero-order chi connectivity index (χ0) is 0. The van der Waals surface area contributed by atoms with Gasteiger partial charge in [0.25, 0.3) is 0 Å². The second-order valence-electron chi connectivity index (χ2n) is 0. The van der Waals surface area contributed by atoms with Crippen molar-refractivity contribution in [3.05, 3.63) is 0 Å². The third-order valence-electron chi connectivity index (χ3n) is 0. The van der Waals surface area contributed by atoms with Crippen LogP contribution in [0.2, 0.25) is 0 Å². The van der Waals surface area contributed by atoms with Crippen LogP contribution in [-0.4, -0.2) is 17.4 Å². The number of hydrogen-bond donors (Lipinski definition) is 0. The summed E-state index contributed by atoms with van der Waals surface area (Å²) in [5.41, 5.74) is 0. The van der Waals surface area contributed by atoms with Crippen molar-refractivity contribution >= 4 is 17.4 Å². The molecule has 0 aromatic rings.